The van der Waals surface area contributed by atoms with Crippen molar-refractivity contribution in [3.8, 4) is 11.4 Å². The van der Waals surface area contributed by atoms with Gasteiger partial charge in [0.05, 0.1) is 0 Å². The first-order valence-electron chi connectivity index (χ1n) is 9.57. The highest BCUT2D eigenvalue weighted by Gasteiger charge is 2.23. The lowest BCUT2D eigenvalue weighted by molar-refractivity contribution is 0.208. The van der Waals surface area contributed by atoms with Crippen molar-refractivity contribution in [3.63, 3.8) is 0 Å². The van der Waals surface area contributed by atoms with Gasteiger partial charge in [-0.3, -0.25) is 0 Å². The molecule has 29 heavy (non-hydrogen) atoms. The van der Waals surface area contributed by atoms with E-state index >= 15 is 0 Å². The summed E-state index contributed by atoms with van der Waals surface area (Å²) in [5.74, 6) is 0.756. The molecule has 0 atom stereocenters. The molecule has 1 aliphatic rings. The molecule has 1 aliphatic heterocycles. The summed E-state index contributed by atoms with van der Waals surface area (Å²) < 4.78 is 4.49. The van der Waals surface area contributed by atoms with Gasteiger partial charge in [-0.2, -0.15) is 9.36 Å². The molecule has 0 saturated carbocycles. The van der Waals surface area contributed by atoms with Crippen molar-refractivity contribution in [3.05, 3.63) is 54.6 Å². The maximum atomic E-state index is 12.6. The Morgan fingerprint density at radius 3 is 2.52 bits per heavy atom. The highest BCUT2D eigenvalue weighted by atomic mass is 32.1. The van der Waals surface area contributed by atoms with Crippen LogP contribution >= 0.6 is 11.5 Å². The number of hydrogen-bond donors (Lipinski definition) is 1. The van der Waals surface area contributed by atoms with E-state index in [1.54, 1.807) is 0 Å². The second-order valence-electron chi connectivity index (χ2n) is 7.12. The third kappa shape index (κ3) is 4.48. The summed E-state index contributed by atoms with van der Waals surface area (Å²) in [7, 11) is 3.97. The fourth-order valence-electron chi connectivity index (χ4n) is 3.21. The monoisotopic (exact) mass is 408 g/mol. The van der Waals surface area contributed by atoms with Gasteiger partial charge in [-0.15, -0.1) is 0 Å². The summed E-state index contributed by atoms with van der Waals surface area (Å²) in [5.41, 5.74) is 2.88. The minimum atomic E-state index is -0.0669. The summed E-state index contributed by atoms with van der Waals surface area (Å²) in [6.07, 6.45) is 0. The van der Waals surface area contributed by atoms with Gasteiger partial charge in [-0.05, 0) is 18.2 Å². The molecule has 0 spiro atoms. The SMILES string of the molecule is CN(C)c1cccc(NC(=O)N2CCN(c3nc(-c4ccccc4)ns3)CC2)c1. The van der Waals surface area contributed by atoms with Crippen molar-refractivity contribution in [1.82, 2.24) is 14.3 Å². The van der Waals surface area contributed by atoms with Crippen LogP contribution in [-0.2, 0) is 0 Å². The molecule has 7 nitrogen and oxygen atoms in total. The third-order valence-electron chi connectivity index (χ3n) is 4.90. The largest absolute Gasteiger partial charge is 0.378 e. The summed E-state index contributed by atoms with van der Waals surface area (Å²) in [6, 6.07) is 17.8. The van der Waals surface area contributed by atoms with Gasteiger partial charge < -0.3 is 20.0 Å². The van der Waals surface area contributed by atoms with E-state index in [-0.39, 0.29) is 6.03 Å². The Morgan fingerprint density at radius 2 is 1.79 bits per heavy atom. The molecule has 0 bridgehead atoms. The minimum Gasteiger partial charge on any atom is -0.378 e. The zero-order chi connectivity index (χ0) is 20.2. The third-order valence-corrected chi connectivity index (χ3v) is 5.68. The molecule has 2 aromatic carbocycles. The smallest absolute Gasteiger partial charge is 0.321 e. The van der Waals surface area contributed by atoms with Crippen LogP contribution in [-0.4, -0.2) is 60.6 Å². The Balaban J connectivity index is 1.34. The van der Waals surface area contributed by atoms with E-state index in [1.165, 1.54) is 11.5 Å². The fourth-order valence-corrected chi connectivity index (χ4v) is 3.95. The van der Waals surface area contributed by atoms with Crippen LogP contribution in [0, 0.1) is 0 Å². The maximum absolute atomic E-state index is 12.6. The van der Waals surface area contributed by atoms with Crippen molar-refractivity contribution >= 4 is 34.1 Å². The lowest BCUT2D eigenvalue weighted by Gasteiger charge is -2.34. The van der Waals surface area contributed by atoms with Gasteiger partial charge in [0.25, 0.3) is 0 Å². The van der Waals surface area contributed by atoms with Crippen LogP contribution in [0.3, 0.4) is 0 Å². The number of rotatable bonds is 4. The number of amides is 2. The molecule has 1 N–H and O–H groups in total. The van der Waals surface area contributed by atoms with Crippen LogP contribution in [0.25, 0.3) is 11.4 Å². The molecule has 1 aromatic heterocycles. The second kappa shape index (κ2) is 8.48. The summed E-state index contributed by atoms with van der Waals surface area (Å²) in [6.45, 7) is 2.79. The van der Waals surface area contributed by atoms with Gasteiger partial charge in [-0.25, -0.2) is 4.79 Å². The molecule has 8 heteroatoms. The van der Waals surface area contributed by atoms with Gasteiger partial charge in [0.1, 0.15) is 0 Å². The number of carbonyl (C=O) groups is 1. The molecular weight excluding hydrogens is 384 g/mol. The van der Waals surface area contributed by atoms with Gasteiger partial charge in [0, 0.05) is 68.7 Å². The average molecular weight is 409 g/mol. The number of hydrogen-bond acceptors (Lipinski definition) is 6. The van der Waals surface area contributed by atoms with E-state index in [9.17, 15) is 4.79 Å². The number of aromatic nitrogens is 2. The lowest BCUT2D eigenvalue weighted by Crippen LogP contribution is -2.50. The summed E-state index contributed by atoms with van der Waals surface area (Å²) in [4.78, 5) is 23.4. The quantitative estimate of drug-likeness (QED) is 0.714. The van der Waals surface area contributed by atoms with Gasteiger partial charge in [0.2, 0.25) is 5.13 Å². The normalized spacial score (nSPS) is 14.0. The molecule has 4 rings (SSSR count). The van der Waals surface area contributed by atoms with Crippen LogP contribution in [0.1, 0.15) is 0 Å². The highest BCUT2D eigenvalue weighted by Crippen LogP contribution is 2.25. The predicted octanol–water partition coefficient (Wildman–Crippen LogP) is 3.63. The van der Waals surface area contributed by atoms with Gasteiger partial charge >= 0.3 is 6.03 Å². The molecule has 0 unspecified atom stereocenters. The van der Waals surface area contributed by atoms with E-state index in [4.69, 9.17) is 0 Å². The standard InChI is InChI=1S/C21H24N6OS/c1-25(2)18-10-6-9-17(15-18)22-20(28)26-11-13-27(14-12-26)21-23-19(24-29-21)16-7-4-3-5-8-16/h3-10,15H,11-14H2,1-2H3,(H,22,28). The van der Waals surface area contributed by atoms with Crippen LogP contribution in [0.5, 0.6) is 0 Å². The molecule has 2 heterocycles. The summed E-state index contributed by atoms with van der Waals surface area (Å²) in [5, 5.41) is 3.91. The minimum absolute atomic E-state index is 0.0669. The molecule has 1 fully saturated rings. The van der Waals surface area contributed by atoms with Crippen molar-refractivity contribution < 1.29 is 4.79 Å². The second-order valence-corrected chi connectivity index (χ2v) is 7.85. The van der Waals surface area contributed by atoms with Crippen molar-refractivity contribution in [2.24, 2.45) is 0 Å². The molecular formula is C21H24N6OS. The van der Waals surface area contributed by atoms with E-state index in [2.05, 4.69) is 19.6 Å². The maximum Gasteiger partial charge on any atom is 0.321 e. The predicted molar refractivity (Wildman–Crippen MR) is 119 cm³/mol. The zero-order valence-corrected chi connectivity index (χ0v) is 17.4. The average Bonchev–Trinajstić information content (AvgIpc) is 3.25. The van der Waals surface area contributed by atoms with E-state index < -0.39 is 0 Å². The number of nitrogens with one attached hydrogen (secondary N) is 1. The number of nitrogens with zero attached hydrogens (tertiary/aromatic N) is 5. The first-order valence-corrected chi connectivity index (χ1v) is 10.3. The van der Waals surface area contributed by atoms with E-state index in [0.717, 1.165) is 41.0 Å². The van der Waals surface area contributed by atoms with Crippen LogP contribution < -0.4 is 15.1 Å². The van der Waals surface area contributed by atoms with Crippen LogP contribution in [0.4, 0.5) is 21.3 Å². The molecule has 2 amide bonds. The molecule has 1 saturated heterocycles. The van der Waals surface area contributed by atoms with Gasteiger partial charge in [-0.1, -0.05) is 36.4 Å². The topological polar surface area (TPSA) is 64.6 Å². The Morgan fingerprint density at radius 1 is 1.03 bits per heavy atom. The Labute approximate surface area is 174 Å². The fraction of sp³-hybridized carbons (Fsp3) is 0.286. The Kier molecular flexibility index (Phi) is 5.62. The number of urea groups is 1. The van der Waals surface area contributed by atoms with Crippen LogP contribution in [0.15, 0.2) is 54.6 Å². The lowest BCUT2D eigenvalue weighted by atomic mass is 10.2. The van der Waals surface area contributed by atoms with Gasteiger partial charge in [0.15, 0.2) is 5.82 Å². The molecule has 150 valence electrons. The van der Waals surface area contributed by atoms with E-state index in [0.29, 0.717) is 13.1 Å². The van der Waals surface area contributed by atoms with Crippen LogP contribution in [0.2, 0.25) is 0 Å². The Bertz CT molecular complexity index is 966. The number of anilines is 3. The highest BCUT2D eigenvalue weighted by molar-refractivity contribution is 7.09. The first kappa shape index (κ1) is 19.2. The molecule has 3 aromatic rings. The molecule has 0 radical (unpaired) electrons. The van der Waals surface area contributed by atoms with Crippen molar-refractivity contribution in [1.29, 1.82) is 0 Å². The number of benzene rings is 2. The van der Waals surface area contributed by atoms with Crippen molar-refractivity contribution in [2.45, 2.75) is 0 Å². The zero-order valence-electron chi connectivity index (χ0n) is 16.6. The number of carbonyl (C=O) groups excluding carboxylic acids is 1. The van der Waals surface area contributed by atoms with E-state index in [1.807, 2.05) is 78.5 Å². The molecule has 0 aliphatic carbocycles. The Hall–Kier alpha value is -3.13. The van der Waals surface area contributed by atoms with Crippen molar-refractivity contribution in [2.75, 3.05) is 55.4 Å². The number of piperazine rings is 1. The first-order chi connectivity index (χ1) is 14.1. The summed E-state index contributed by atoms with van der Waals surface area (Å²) >= 11 is 1.41.